The quantitative estimate of drug-likeness (QED) is 0.499. The summed E-state index contributed by atoms with van der Waals surface area (Å²) in [6.45, 7) is 1.16. The molecule has 0 saturated carbocycles. The molecule has 0 aliphatic heterocycles. The summed E-state index contributed by atoms with van der Waals surface area (Å²) in [6.07, 6.45) is 3.27. The number of hydrogen-bond acceptors (Lipinski definition) is 4. The van der Waals surface area contributed by atoms with Crippen LogP contribution in [0.5, 0.6) is 0 Å². The van der Waals surface area contributed by atoms with Crippen molar-refractivity contribution in [2.24, 2.45) is 0 Å². The van der Waals surface area contributed by atoms with E-state index in [9.17, 15) is 10.1 Å². The van der Waals surface area contributed by atoms with E-state index >= 15 is 0 Å². The summed E-state index contributed by atoms with van der Waals surface area (Å²) in [4.78, 5) is 10.2. The second-order valence-electron chi connectivity index (χ2n) is 4.11. The molecule has 9 heteroatoms. The summed E-state index contributed by atoms with van der Waals surface area (Å²) < 4.78 is 1.69. The molecule has 0 aliphatic carbocycles. The fraction of sp³-hybridized carbons (Fsp3) is 0.167. The van der Waals surface area contributed by atoms with Crippen molar-refractivity contribution >= 4 is 40.3 Å². The van der Waals surface area contributed by atoms with Crippen molar-refractivity contribution in [3.05, 3.63) is 51.8 Å². The molecule has 1 aromatic carbocycles. The first kappa shape index (κ1) is 15.2. The fourth-order valence-corrected chi connectivity index (χ4v) is 1.99. The van der Waals surface area contributed by atoms with Crippen molar-refractivity contribution in [2.75, 3.05) is 11.9 Å². The first-order chi connectivity index (χ1) is 10.0. The number of benzene rings is 1. The van der Waals surface area contributed by atoms with Crippen molar-refractivity contribution in [3.63, 3.8) is 0 Å². The van der Waals surface area contributed by atoms with Crippen molar-refractivity contribution in [2.45, 2.75) is 6.54 Å². The van der Waals surface area contributed by atoms with E-state index in [4.69, 9.17) is 23.8 Å². The maximum Gasteiger partial charge on any atom is 0.271 e. The lowest BCUT2D eigenvalue weighted by Crippen LogP contribution is -2.31. The number of aromatic nitrogens is 2. The van der Waals surface area contributed by atoms with E-state index in [1.165, 1.54) is 12.1 Å². The SMILES string of the molecule is O=[N+]([O-])c1cccc(NC(=S)NCCn2cc(Cl)cn2)c1. The van der Waals surface area contributed by atoms with Crippen LogP contribution in [0.25, 0.3) is 0 Å². The largest absolute Gasteiger partial charge is 0.361 e. The predicted octanol–water partition coefficient (Wildman–Crippen LogP) is 2.43. The number of nitro benzene ring substituents is 1. The first-order valence-electron chi connectivity index (χ1n) is 6.02. The maximum atomic E-state index is 10.7. The number of nitro groups is 1. The number of non-ortho nitro benzene ring substituents is 1. The number of thiocarbonyl (C=S) groups is 1. The van der Waals surface area contributed by atoms with Crippen LogP contribution in [-0.4, -0.2) is 26.4 Å². The number of nitrogens with one attached hydrogen (secondary N) is 2. The van der Waals surface area contributed by atoms with Crippen LogP contribution in [0, 0.1) is 10.1 Å². The highest BCUT2D eigenvalue weighted by molar-refractivity contribution is 7.80. The van der Waals surface area contributed by atoms with Crippen LogP contribution in [0.4, 0.5) is 11.4 Å². The van der Waals surface area contributed by atoms with Crippen LogP contribution >= 0.6 is 23.8 Å². The molecule has 0 amide bonds. The summed E-state index contributed by atoms with van der Waals surface area (Å²) in [7, 11) is 0. The molecule has 0 fully saturated rings. The van der Waals surface area contributed by atoms with Gasteiger partial charge in [-0.15, -0.1) is 0 Å². The summed E-state index contributed by atoms with van der Waals surface area (Å²) in [5.74, 6) is 0. The van der Waals surface area contributed by atoms with E-state index in [2.05, 4.69) is 15.7 Å². The Morgan fingerprint density at radius 2 is 2.33 bits per heavy atom. The lowest BCUT2D eigenvalue weighted by Gasteiger charge is -2.10. The zero-order chi connectivity index (χ0) is 15.2. The summed E-state index contributed by atoms with van der Waals surface area (Å²) >= 11 is 10.9. The zero-order valence-electron chi connectivity index (χ0n) is 10.8. The minimum Gasteiger partial charge on any atom is -0.361 e. The predicted molar refractivity (Wildman–Crippen MR) is 84.6 cm³/mol. The summed E-state index contributed by atoms with van der Waals surface area (Å²) in [6, 6.07) is 6.13. The average molecular weight is 326 g/mol. The number of anilines is 1. The Bertz CT molecular complexity index is 661. The molecule has 0 radical (unpaired) electrons. The molecule has 2 N–H and O–H groups in total. The normalized spacial score (nSPS) is 10.1. The van der Waals surface area contributed by atoms with Gasteiger partial charge in [0.05, 0.1) is 22.7 Å². The van der Waals surface area contributed by atoms with Crippen molar-refractivity contribution in [3.8, 4) is 0 Å². The van der Waals surface area contributed by atoms with Gasteiger partial charge >= 0.3 is 0 Å². The van der Waals surface area contributed by atoms with Gasteiger partial charge in [-0.05, 0) is 18.3 Å². The van der Waals surface area contributed by atoms with E-state index in [0.29, 0.717) is 28.9 Å². The smallest absolute Gasteiger partial charge is 0.271 e. The zero-order valence-corrected chi connectivity index (χ0v) is 12.4. The molecule has 0 saturated heterocycles. The van der Waals surface area contributed by atoms with Gasteiger partial charge in [0, 0.05) is 30.6 Å². The third kappa shape index (κ3) is 4.69. The highest BCUT2D eigenvalue weighted by Crippen LogP contribution is 2.16. The lowest BCUT2D eigenvalue weighted by molar-refractivity contribution is -0.384. The number of halogens is 1. The molecule has 1 heterocycles. The van der Waals surface area contributed by atoms with Crippen LogP contribution in [0.1, 0.15) is 0 Å². The minimum atomic E-state index is -0.455. The molecule has 0 unspecified atom stereocenters. The molecule has 0 spiro atoms. The Morgan fingerprint density at radius 3 is 3.00 bits per heavy atom. The van der Waals surface area contributed by atoms with E-state index in [1.807, 2.05) is 0 Å². The van der Waals surface area contributed by atoms with Gasteiger partial charge in [0.15, 0.2) is 5.11 Å². The first-order valence-corrected chi connectivity index (χ1v) is 6.80. The standard InChI is InChI=1S/C12H12ClN5O2S/c13-9-7-15-17(8-9)5-4-14-12(21)16-10-2-1-3-11(6-10)18(19)20/h1-3,6-8H,4-5H2,(H2,14,16,21). The van der Waals surface area contributed by atoms with Crippen LogP contribution in [0.15, 0.2) is 36.7 Å². The molecule has 0 aliphatic rings. The Balaban J connectivity index is 1.81. The maximum absolute atomic E-state index is 10.7. The van der Waals surface area contributed by atoms with Crippen LogP contribution in [-0.2, 0) is 6.54 Å². The second-order valence-corrected chi connectivity index (χ2v) is 4.95. The van der Waals surface area contributed by atoms with Gasteiger partial charge in [-0.2, -0.15) is 5.10 Å². The van der Waals surface area contributed by atoms with Gasteiger partial charge in [-0.3, -0.25) is 14.8 Å². The topological polar surface area (TPSA) is 85.0 Å². The number of rotatable bonds is 5. The molecule has 7 nitrogen and oxygen atoms in total. The van der Waals surface area contributed by atoms with Crippen molar-refractivity contribution in [1.29, 1.82) is 0 Å². The Labute approximate surface area is 131 Å². The Hall–Kier alpha value is -2.19. The van der Waals surface area contributed by atoms with E-state index in [1.54, 1.807) is 29.2 Å². The summed E-state index contributed by atoms with van der Waals surface area (Å²) in [5.41, 5.74) is 0.567. The molecule has 2 rings (SSSR count). The van der Waals surface area contributed by atoms with Gasteiger partial charge in [0.1, 0.15) is 0 Å². The Kier molecular flexibility index (Phi) is 5.07. The summed E-state index contributed by atoms with van der Waals surface area (Å²) in [5, 5.41) is 21.5. The molecule has 0 atom stereocenters. The monoisotopic (exact) mass is 325 g/mol. The molecule has 110 valence electrons. The highest BCUT2D eigenvalue weighted by Gasteiger charge is 2.06. The highest BCUT2D eigenvalue weighted by atomic mass is 35.5. The molecular formula is C12H12ClN5O2S. The van der Waals surface area contributed by atoms with Gasteiger partial charge in [-0.25, -0.2) is 0 Å². The van der Waals surface area contributed by atoms with Crippen LogP contribution in [0.2, 0.25) is 5.02 Å². The van der Waals surface area contributed by atoms with E-state index in [-0.39, 0.29) is 5.69 Å². The number of hydrogen-bond donors (Lipinski definition) is 2. The van der Waals surface area contributed by atoms with Gasteiger partial charge in [-0.1, -0.05) is 17.7 Å². The van der Waals surface area contributed by atoms with E-state index < -0.39 is 4.92 Å². The lowest BCUT2D eigenvalue weighted by atomic mass is 10.3. The third-order valence-corrected chi connectivity index (χ3v) is 2.98. The van der Waals surface area contributed by atoms with Crippen LogP contribution in [0.3, 0.4) is 0 Å². The number of nitrogens with zero attached hydrogens (tertiary/aromatic N) is 3. The van der Waals surface area contributed by atoms with Gasteiger partial charge in [0.2, 0.25) is 0 Å². The molecule has 1 aromatic heterocycles. The molecule has 0 bridgehead atoms. The molecule has 21 heavy (non-hydrogen) atoms. The van der Waals surface area contributed by atoms with Crippen LogP contribution < -0.4 is 10.6 Å². The second kappa shape index (κ2) is 7.00. The third-order valence-electron chi connectivity index (χ3n) is 2.54. The fourth-order valence-electron chi connectivity index (χ4n) is 1.62. The average Bonchev–Trinajstić information content (AvgIpc) is 2.84. The van der Waals surface area contributed by atoms with Crippen molar-refractivity contribution in [1.82, 2.24) is 15.1 Å². The van der Waals surface area contributed by atoms with Crippen molar-refractivity contribution < 1.29 is 4.92 Å². The minimum absolute atomic E-state index is 0.00832. The molecular weight excluding hydrogens is 314 g/mol. The van der Waals surface area contributed by atoms with E-state index in [0.717, 1.165) is 0 Å². The Morgan fingerprint density at radius 1 is 1.52 bits per heavy atom. The van der Waals surface area contributed by atoms with Gasteiger partial charge < -0.3 is 10.6 Å². The molecule has 2 aromatic rings. The van der Waals surface area contributed by atoms with Gasteiger partial charge in [0.25, 0.3) is 5.69 Å².